The number of piperazine rings is 1. The molecule has 1 saturated heterocycles. The summed E-state index contributed by atoms with van der Waals surface area (Å²) in [5, 5.41) is 0. The first-order valence-corrected chi connectivity index (χ1v) is 8.96. The van der Waals surface area contributed by atoms with E-state index < -0.39 is 0 Å². The van der Waals surface area contributed by atoms with Crippen molar-refractivity contribution in [2.24, 2.45) is 5.92 Å². The molecular formula is C16H23N3O3S. The number of nitrogens with zero attached hydrogens (tertiary/aromatic N) is 2. The van der Waals surface area contributed by atoms with E-state index in [0.717, 1.165) is 5.75 Å². The number of thioether (sulfide) groups is 1. The van der Waals surface area contributed by atoms with E-state index in [1.807, 2.05) is 4.90 Å². The van der Waals surface area contributed by atoms with Gasteiger partial charge < -0.3 is 14.8 Å². The Morgan fingerprint density at radius 3 is 2.39 bits per heavy atom. The largest absolute Gasteiger partial charge is 0.338 e. The smallest absolute Gasteiger partial charge is 0.255 e. The third-order valence-corrected chi connectivity index (χ3v) is 4.98. The second kappa shape index (κ2) is 8.19. The molecule has 1 aliphatic rings. The summed E-state index contributed by atoms with van der Waals surface area (Å²) in [6.07, 6.45) is 1.44. The highest BCUT2D eigenvalue weighted by molar-refractivity contribution is 7.99. The van der Waals surface area contributed by atoms with Gasteiger partial charge in [0.25, 0.3) is 5.91 Å². The van der Waals surface area contributed by atoms with E-state index in [4.69, 9.17) is 0 Å². The van der Waals surface area contributed by atoms with Crippen molar-refractivity contribution in [3.8, 4) is 0 Å². The number of hydrogen-bond acceptors (Lipinski definition) is 4. The normalized spacial score (nSPS) is 15.1. The van der Waals surface area contributed by atoms with Crippen LogP contribution in [0, 0.1) is 5.92 Å². The first-order valence-electron chi connectivity index (χ1n) is 7.81. The molecule has 0 saturated carbocycles. The van der Waals surface area contributed by atoms with E-state index in [0.29, 0.717) is 43.4 Å². The summed E-state index contributed by atoms with van der Waals surface area (Å²) in [5.74, 6) is 2.11. The molecule has 1 aromatic rings. The Bertz CT molecular complexity index is 586. The number of nitrogens with one attached hydrogen (secondary N) is 1. The maximum atomic E-state index is 12.3. The van der Waals surface area contributed by atoms with E-state index in [1.165, 1.54) is 18.3 Å². The summed E-state index contributed by atoms with van der Waals surface area (Å²) >= 11 is 1.66. The number of amides is 2. The Kier molecular flexibility index (Phi) is 6.27. The minimum atomic E-state index is -0.226. The van der Waals surface area contributed by atoms with Gasteiger partial charge in [0.1, 0.15) is 0 Å². The molecule has 2 amide bonds. The van der Waals surface area contributed by atoms with Gasteiger partial charge in [0.15, 0.2) is 0 Å². The van der Waals surface area contributed by atoms with Gasteiger partial charge in [-0.3, -0.25) is 14.4 Å². The van der Waals surface area contributed by atoms with E-state index in [-0.39, 0.29) is 17.4 Å². The summed E-state index contributed by atoms with van der Waals surface area (Å²) in [5.41, 5.74) is 0.243. The minimum Gasteiger partial charge on any atom is -0.338 e. The summed E-state index contributed by atoms with van der Waals surface area (Å²) in [6, 6.07) is 2.88. The maximum absolute atomic E-state index is 12.3. The summed E-state index contributed by atoms with van der Waals surface area (Å²) < 4.78 is 0. The van der Waals surface area contributed by atoms with Gasteiger partial charge >= 0.3 is 0 Å². The van der Waals surface area contributed by atoms with Gasteiger partial charge in [-0.2, -0.15) is 11.8 Å². The van der Waals surface area contributed by atoms with Crippen molar-refractivity contribution in [3.63, 3.8) is 0 Å². The lowest BCUT2D eigenvalue weighted by Gasteiger charge is -2.34. The van der Waals surface area contributed by atoms with Crippen LogP contribution in [0.25, 0.3) is 0 Å². The van der Waals surface area contributed by atoms with Crippen molar-refractivity contribution < 1.29 is 9.59 Å². The van der Waals surface area contributed by atoms with E-state index in [9.17, 15) is 14.4 Å². The second-order valence-corrected chi connectivity index (χ2v) is 7.05. The molecule has 1 aromatic heterocycles. The van der Waals surface area contributed by atoms with Crippen LogP contribution in [0.15, 0.2) is 23.1 Å². The molecule has 0 spiro atoms. The number of rotatable bonds is 5. The number of carbonyl (C=O) groups is 2. The molecule has 0 unspecified atom stereocenters. The number of carbonyl (C=O) groups excluding carboxylic acids is 2. The van der Waals surface area contributed by atoms with Crippen molar-refractivity contribution in [1.82, 2.24) is 14.8 Å². The fourth-order valence-electron chi connectivity index (χ4n) is 2.36. The van der Waals surface area contributed by atoms with Crippen LogP contribution in [-0.2, 0) is 4.79 Å². The third-order valence-electron chi connectivity index (χ3n) is 3.63. The number of aromatic amines is 1. The maximum Gasteiger partial charge on any atom is 0.255 e. The fraction of sp³-hybridized carbons (Fsp3) is 0.562. The van der Waals surface area contributed by atoms with E-state index in [1.54, 1.807) is 16.7 Å². The van der Waals surface area contributed by atoms with Crippen LogP contribution in [-0.4, -0.2) is 64.3 Å². The van der Waals surface area contributed by atoms with Crippen molar-refractivity contribution in [3.05, 3.63) is 34.2 Å². The van der Waals surface area contributed by atoms with Gasteiger partial charge in [-0.05, 0) is 17.7 Å². The number of pyridine rings is 1. The highest BCUT2D eigenvalue weighted by Gasteiger charge is 2.24. The first kappa shape index (κ1) is 17.6. The van der Waals surface area contributed by atoms with Gasteiger partial charge in [-0.15, -0.1) is 0 Å². The molecule has 0 radical (unpaired) electrons. The Morgan fingerprint density at radius 2 is 1.83 bits per heavy atom. The van der Waals surface area contributed by atoms with Crippen LogP contribution in [0.2, 0.25) is 0 Å². The average molecular weight is 337 g/mol. The summed E-state index contributed by atoms with van der Waals surface area (Å²) in [4.78, 5) is 41.5. The first-order chi connectivity index (χ1) is 11.0. The zero-order chi connectivity index (χ0) is 16.8. The third kappa shape index (κ3) is 5.13. The minimum absolute atomic E-state index is 0.109. The molecule has 1 N–H and O–H groups in total. The second-order valence-electron chi connectivity index (χ2n) is 6.02. The van der Waals surface area contributed by atoms with Crippen LogP contribution >= 0.6 is 11.8 Å². The molecule has 2 heterocycles. The lowest BCUT2D eigenvalue weighted by atomic mass is 10.2. The van der Waals surface area contributed by atoms with E-state index in [2.05, 4.69) is 18.8 Å². The van der Waals surface area contributed by atoms with Crippen LogP contribution < -0.4 is 5.56 Å². The standard InChI is InChI=1S/C16H23N3O3S/c1-12(2)10-23-11-15(21)18-5-7-19(8-6-18)16(22)13-3-4-14(20)17-9-13/h3-4,9,12H,5-8,10-11H2,1-2H3,(H,17,20). The van der Waals surface area contributed by atoms with Crippen molar-refractivity contribution in [1.29, 1.82) is 0 Å². The lowest BCUT2D eigenvalue weighted by Crippen LogP contribution is -2.51. The number of aromatic nitrogens is 1. The quantitative estimate of drug-likeness (QED) is 0.871. The highest BCUT2D eigenvalue weighted by Crippen LogP contribution is 2.11. The van der Waals surface area contributed by atoms with Crippen LogP contribution in [0.3, 0.4) is 0 Å². The summed E-state index contributed by atoms with van der Waals surface area (Å²) in [7, 11) is 0. The SMILES string of the molecule is CC(C)CSCC(=O)N1CCN(C(=O)c2ccc(=O)[nH]c2)CC1. The average Bonchev–Trinajstić information content (AvgIpc) is 2.54. The van der Waals surface area contributed by atoms with Crippen LogP contribution in [0.5, 0.6) is 0 Å². The van der Waals surface area contributed by atoms with Crippen molar-refractivity contribution in [2.75, 3.05) is 37.7 Å². The molecule has 0 bridgehead atoms. The topological polar surface area (TPSA) is 73.5 Å². The van der Waals surface area contributed by atoms with Gasteiger partial charge in [-0.25, -0.2) is 0 Å². The molecule has 7 heteroatoms. The van der Waals surface area contributed by atoms with E-state index >= 15 is 0 Å². The zero-order valence-corrected chi connectivity index (χ0v) is 14.4. The Labute approximate surface area is 140 Å². The van der Waals surface area contributed by atoms with Crippen molar-refractivity contribution in [2.45, 2.75) is 13.8 Å². The predicted molar refractivity (Wildman–Crippen MR) is 91.7 cm³/mol. The molecule has 0 atom stereocenters. The fourth-order valence-corrected chi connectivity index (χ4v) is 3.30. The molecular weight excluding hydrogens is 314 g/mol. The predicted octanol–water partition coefficient (Wildman–Crippen LogP) is 1.05. The molecule has 1 fully saturated rings. The molecule has 0 aromatic carbocycles. The molecule has 2 rings (SSSR count). The summed E-state index contributed by atoms with van der Waals surface area (Å²) in [6.45, 7) is 6.46. The van der Waals surface area contributed by atoms with Gasteiger partial charge in [0.2, 0.25) is 11.5 Å². The van der Waals surface area contributed by atoms with Crippen LogP contribution in [0.1, 0.15) is 24.2 Å². The molecule has 23 heavy (non-hydrogen) atoms. The Morgan fingerprint density at radius 1 is 1.17 bits per heavy atom. The molecule has 1 aliphatic heterocycles. The Hall–Kier alpha value is -1.76. The number of H-pyrrole nitrogens is 1. The molecule has 0 aliphatic carbocycles. The highest BCUT2D eigenvalue weighted by atomic mass is 32.2. The van der Waals surface area contributed by atoms with Gasteiger partial charge in [0, 0.05) is 38.4 Å². The number of hydrogen-bond donors (Lipinski definition) is 1. The molecule has 6 nitrogen and oxygen atoms in total. The zero-order valence-electron chi connectivity index (χ0n) is 13.6. The lowest BCUT2D eigenvalue weighted by molar-refractivity contribution is -0.129. The van der Waals surface area contributed by atoms with Crippen molar-refractivity contribution >= 4 is 23.6 Å². The van der Waals surface area contributed by atoms with Crippen LogP contribution in [0.4, 0.5) is 0 Å². The Balaban J connectivity index is 1.81. The van der Waals surface area contributed by atoms with Gasteiger partial charge in [0.05, 0.1) is 11.3 Å². The monoisotopic (exact) mass is 337 g/mol. The van der Waals surface area contributed by atoms with Gasteiger partial charge in [-0.1, -0.05) is 13.8 Å². The molecule has 126 valence electrons.